The van der Waals surface area contributed by atoms with Crippen LogP contribution in [0, 0.1) is 6.92 Å². The summed E-state index contributed by atoms with van der Waals surface area (Å²) in [6.45, 7) is 1.97. The quantitative estimate of drug-likeness (QED) is 0.635. The molecule has 0 saturated heterocycles. The van der Waals surface area contributed by atoms with Crippen LogP contribution in [0.1, 0.15) is 16.7 Å². The van der Waals surface area contributed by atoms with Gasteiger partial charge in [0, 0.05) is 5.56 Å². The maximum atomic E-state index is 9.86. The molecule has 92 valence electrons. The van der Waals surface area contributed by atoms with E-state index in [1.54, 1.807) is 6.07 Å². The number of allylic oxidation sites excluding steroid dienone is 1. The molecular weight excluding hydrogens is 222 g/mol. The zero-order valence-corrected chi connectivity index (χ0v) is 10.4. The van der Waals surface area contributed by atoms with Crippen molar-refractivity contribution < 1.29 is 5.11 Å². The summed E-state index contributed by atoms with van der Waals surface area (Å²) >= 11 is 0. The van der Waals surface area contributed by atoms with Crippen LogP contribution >= 0.6 is 0 Å². The van der Waals surface area contributed by atoms with Gasteiger partial charge in [0.15, 0.2) is 0 Å². The van der Waals surface area contributed by atoms with E-state index in [2.05, 4.69) is 0 Å². The normalized spacial score (nSPS) is 10.9. The average molecular weight is 239 g/mol. The number of nitrogens with two attached hydrogens (primary N) is 1. The van der Waals surface area contributed by atoms with Crippen molar-refractivity contribution >= 4 is 11.8 Å². The van der Waals surface area contributed by atoms with Crippen LogP contribution in [0.2, 0.25) is 0 Å². The van der Waals surface area contributed by atoms with Gasteiger partial charge in [0.1, 0.15) is 5.75 Å². The first-order valence-electron chi connectivity index (χ1n) is 5.96. The minimum atomic E-state index is 0.193. The predicted molar refractivity (Wildman–Crippen MR) is 76.4 cm³/mol. The number of rotatable bonds is 3. The molecule has 0 aliphatic rings. The molecule has 2 heteroatoms. The van der Waals surface area contributed by atoms with Gasteiger partial charge in [-0.3, -0.25) is 0 Å². The smallest absolute Gasteiger partial charge is 0.141 e. The molecule has 2 aromatic carbocycles. The molecule has 0 aliphatic carbocycles. The highest BCUT2D eigenvalue weighted by Crippen LogP contribution is 2.27. The molecule has 0 amide bonds. The van der Waals surface area contributed by atoms with E-state index in [9.17, 15) is 5.11 Å². The summed E-state index contributed by atoms with van der Waals surface area (Å²) in [5.74, 6) is 0.193. The van der Waals surface area contributed by atoms with Crippen molar-refractivity contribution in [2.45, 2.75) is 13.3 Å². The van der Waals surface area contributed by atoms with Gasteiger partial charge in [0.2, 0.25) is 0 Å². The van der Waals surface area contributed by atoms with Gasteiger partial charge in [-0.25, -0.2) is 0 Å². The predicted octanol–water partition coefficient (Wildman–Crippen LogP) is 3.54. The number of benzene rings is 2. The maximum Gasteiger partial charge on any atom is 0.141 e. The first kappa shape index (κ1) is 12.2. The number of anilines is 1. The van der Waals surface area contributed by atoms with E-state index < -0.39 is 0 Å². The van der Waals surface area contributed by atoms with Crippen molar-refractivity contribution in [3.63, 3.8) is 0 Å². The molecule has 0 atom stereocenters. The van der Waals surface area contributed by atoms with Crippen LogP contribution in [0.3, 0.4) is 0 Å². The number of aryl methyl sites for hydroxylation is 1. The fourth-order valence-corrected chi connectivity index (χ4v) is 1.93. The summed E-state index contributed by atoms with van der Waals surface area (Å²) < 4.78 is 0. The van der Waals surface area contributed by atoms with E-state index >= 15 is 0 Å². The zero-order chi connectivity index (χ0) is 13.0. The van der Waals surface area contributed by atoms with E-state index in [-0.39, 0.29) is 5.75 Å². The molecular formula is C16H17NO. The molecule has 0 fully saturated rings. The van der Waals surface area contributed by atoms with Crippen molar-refractivity contribution in [3.05, 3.63) is 65.2 Å². The molecule has 2 rings (SSSR count). The Labute approximate surface area is 107 Å². The lowest BCUT2D eigenvalue weighted by Crippen LogP contribution is -1.92. The summed E-state index contributed by atoms with van der Waals surface area (Å²) in [4.78, 5) is 0. The molecule has 3 N–H and O–H groups in total. The van der Waals surface area contributed by atoms with Gasteiger partial charge < -0.3 is 10.8 Å². The van der Waals surface area contributed by atoms with Gasteiger partial charge in [-0.15, -0.1) is 0 Å². The third-order valence-corrected chi connectivity index (χ3v) is 2.81. The number of hydrogen-bond acceptors (Lipinski definition) is 2. The minimum Gasteiger partial charge on any atom is -0.505 e. The molecule has 0 bridgehead atoms. The maximum absolute atomic E-state index is 9.86. The lowest BCUT2D eigenvalue weighted by molar-refractivity contribution is 0.472. The Morgan fingerprint density at radius 3 is 2.61 bits per heavy atom. The average Bonchev–Trinajstić information content (AvgIpc) is 2.36. The SMILES string of the molecule is Cc1cc(N)c(O)c(C/C=C/c2ccccc2)c1. The second-order valence-electron chi connectivity index (χ2n) is 4.38. The second kappa shape index (κ2) is 5.41. The van der Waals surface area contributed by atoms with E-state index in [1.807, 2.05) is 55.5 Å². The summed E-state index contributed by atoms with van der Waals surface area (Å²) in [5, 5.41) is 9.86. The Balaban J connectivity index is 2.14. The van der Waals surface area contributed by atoms with E-state index in [1.165, 1.54) is 0 Å². The van der Waals surface area contributed by atoms with Crippen molar-refractivity contribution in [1.82, 2.24) is 0 Å². The van der Waals surface area contributed by atoms with Gasteiger partial charge in [0.25, 0.3) is 0 Å². The number of nitrogen functional groups attached to an aromatic ring is 1. The molecule has 0 spiro atoms. The van der Waals surface area contributed by atoms with Crippen LogP contribution in [0.5, 0.6) is 5.75 Å². The van der Waals surface area contributed by atoms with Crippen molar-refractivity contribution in [1.29, 1.82) is 0 Å². The van der Waals surface area contributed by atoms with Crippen LogP contribution in [0.25, 0.3) is 6.08 Å². The minimum absolute atomic E-state index is 0.193. The van der Waals surface area contributed by atoms with Gasteiger partial charge in [-0.1, -0.05) is 48.6 Å². The summed E-state index contributed by atoms with van der Waals surface area (Å²) in [5.41, 5.74) is 9.25. The largest absolute Gasteiger partial charge is 0.505 e. The summed E-state index contributed by atoms with van der Waals surface area (Å²) in [7, 11) is 0. The first-order valence-corrected chi connectivity index (χ1v) is 5.96. The summed E-state index contributed by atoms with van der Waals surface area (Å²) in [6, 6.07) is 13.8. The van der Waals surface area contributed by atoms with Crippen molar-refractivity contribution in [3.8, 4) is 5.75 Å². The fraction of sp³-hybridized carbons (Fsp3) is 0.125. The Kier molecular flexibility index (Phi) is 3.68. The molecule has 0 unspecified atom stereocenters. The Bertz CT molecular complexity index is 559. The first-order chi connectivity index (χ1) is 8.66. The zero-order valence-electron chi connectivity index (χ0n) is 10.4. The van der Waals surface area contributed by atoms with E-state index in [0.29, 0.717) is 12.1 Å². The topological polar surface area (TPSA) is 46.2 Å². The summed E-state index contributed by atoms with van der Waals surface area (Å²) in [6.07, 6.45) is 4.74. The number of phenols is 1. The third kappa shape index (κ3) is 2.92. The molecule has 0 aliphatic heterocycles. The second-order valence-corrected chi connectivity index (χ2v) is 4.38. The van der Waals surface area contributed by atoms with Crippen LogP contribution < -0.4 is 5.73 Å². The molecule has 2 aromatic rings. The van der Waals surface area contributed by atoms with Crippen LogP contribution in [0.15, 0.2) is 48.5 Å². The lowest BCUT2D eigenvalue weighted by Gasteiger charge is -2.06. The molecule has 0 aromatic heterocycles. The van der Waals surface area contributed by atoms with Gasteiger partial charge in [-0.2, -0.15) is 0 Å². The standard InChI is InChI=1S/C16H17NO/c1-12-10-14(16(18)15(17)11-12)9-5-8-13-6-3-2-4-7-13/h2-8,10-11,18H,9,17H2,1H3/b8-5+. The van der Waals surface area contributed by atoms with Gasteiger partial charge in [-0.05, 0) is 30.5 Å². The molecule has 0 radical (unpaired) electrons. The Morgan fingerprint density at radius 1 is 1.17 bits per heavy atom. The van der Waals surface area contributed by atoms with Crippen LogP contribution in [-0.4, -0.2) is 5.11 Å². The lowest BCUT2D eigenvalue weighted by atomic mass is 10.1. The highest BCUT2D eigenvalue weighted by molar-refractivity contribution is 5.59. The van der Waals surface area contributed by atoms with Crippen molar-refractivity contribution in [2.75, 3.05) is 5.73 Å². The molecule has 18 heavy (non-hydrogen) atoms. The number of phenolic OH excluding ortho intramolecular Hbond substituents is 1. The molecule has 0 saturated carbocycles. The van der Waals surface area contributed by atoms with E-state index in [4.69, 9.17) is 5.73 Å². The third-order valence-electron chi connectivity index (χ3n) is 2.81. The Morgan fingerprint density at radius 2 is 1.89 bits per heavy atom. The van der Waals surface area contributed by atoms with Crippen LogP contribution in [-0.2, 0) is 6.42 Å². The van der Waals surface area contributed by atoms with E-state index in [0.717, 1.165) is 16.7 Å². The fourth-order valence-electron chi connectivity index (χ4n) is 1.93. The highest BCUT2D eigenvalue weighted by Gasteiger charge is 2.04. The van der Waals surface area contributed by atoms with Gasteiger partial charge in [0.05, 0.1) is 5.69 Å². The molecule has 0 heterocycles. The number of aromatic hydroxyl groups is 1. The Hall–Kier alpha value is -2.22. The van der Waals surface area contributed by atoms with Gasteiger partial charge >= 0.3 is 0 Å². The van der Waals surface area contributed by atoms with Crippen LogP contribution in [0.4, 0.5) is 5.69 Å². The molecule has 2 nitrogen and oxygen atoms in total. The van der Waals surface area contributed by atoms with Crippen molar-refractivity contribution in [2.24, 2.45) is 0 Å². The number of hydrogen-bond donors (Lipinski definition) is 2. The highest BCUT2D eigenvalue weighted by atomic mass is 16.3. The monoisotopic (exact) mass is 239 g/mol.